The van der Waals surface area contributed by atoms with E-state index >= 15 is 0 Å². The third-order valence-corrected chi connectivity index (χ3v) is 8.22. The zero-order valence-corrected chi connectivity index (χ0v) is 21.8. The van der Waals surface area contributed by atoms with Gasteiger partial charge < -0.3 is 20.4 Å². The molecule has 186 valence electrons. The molecule has 1 aliphatic heterocycles. The highest BCUT2D eigenvalue weighted by atomic mass is 32.1. The van der Waals surface area contributed by atoms with Crippen LogP contribution in [0.1, 0.15) is 54.4 Å². The molecule has 2 amide bonds. The molecule has 3 aromatic rings. The Balaban J connectivity index is 1.50. The highest BCUT2D eigenvalue weighted by molar-refractivity contribution is 7.13. The molecule has 3 heterocycles. The third-order valence-electron chi connectivity index (χ3n) is 6.14. The molecule has 8 nitrogen and oxygen atoms in total. The Hall–Kier alpha value is -2.82. The lowest BCUT2D eigenvalue weighted by atomic mass is 9.85. The van der Waals surface area contributed by atoms with Crippen LogP contribution in [0.5, 0.6) is 0 Å². The van der Waals surface area contributed by atoms with Crippen LogP contribution in [-0.4, -0.2) is 55.8 Å². The van der Waals surface area contributed by atoms with E-state index in [9.17, 15) is 19.8 Å². The van der Waals surface area contributed by atoms with Crippen molar-refractivity contribution >= 4 is 34.7 Å². The molecule has 0 bridgehead atoms. The van der Waals surface area contributed by atoms with Gasteiger partial charge in [0.2, 0.25) is 5.91 Å². The van der Waals surface area contributed by atoms with Crippen molar-refractivity contribution in [3.8, 4) is 10.4 Å². The Kier molecular flexibility index (Phi) is 7.25. The quantitative estimate of drug-likeness (QED) is 0.447. The minimum absolute atomic E-state index is 0.157. The van der Waals surface area contributed by atoms with Crippen molar-refractivity contribution in [3.63, 3.8) is 0 Å². The summed E-state index contributed by atoms with van der Waals surface area (Å²) in [6, 6.07) is 7.12. The number of rotatable bonds is 6. The number of aliphatic hydroxyl groups excluding tert-OH is 1. The van der Waals surface area contributed by atoms with Gasteiger partial charge in [0.15, 0.2) is 0 Å². The van der Waals surface area contributed by atoms with Gasteiger partial charge in [0.1, 0.15) is 11.0 Å². The molecule has 0 saturated carbocycles. The summed E-state index contributed by atoms with van der Waals surface area (Å²) in [7, 11) is 0. The first-order chi connectivity index (χ1) is 16.5. The molecule has 3 N–H and O–H groups in total. The van der Waals surface area contributed by atoms with Crippen LogP contribution in [0.4, 0.5) is 4.79 Å². The number of carbonyl (C=O) groups is 2. The molecule has 1 aromatic carbocycles. The number of aromatic nitrogens is 2. The Morgan fingerprint density at radius 1 is 1.23 bits per heavy atom. The second-order valence-corrected chi connectivity index (χ2v) is 12.0. The molecule has 1 fully saturated rings. The number of carbonyl (C=O) groups excluding carboxylic acids is 1. The van der Waals surface area contributed by atoms with Gasteiger partial charge in [-0.1, -0.05) is 45.0 Å². The number of thiazole rings is 2. The normalized spacial score (nSPS) is 19.1. The van der Waals surface area contributed by atoms with Crippen molar-refractivity contribution < 1.29 is 19.8 Å². The summed E-state index contributed by atoms with van der Waals surface area (Å²) in [5.74, 6) is -0.341. The van der Waals surface area contributed by atoms with Crippen LogP contribution in [0.3, 0.4) is 0 Å². The van der Waals surface area contributed by atoms with Crippen molar-refractivity contribution in [2.75, 3.05) is 6.54 Å². The fourth-order valence-electron chi connectivity index (χ4n) is 4.34. The second kappa shape index (κ2) is 10.0. The van der Waals surface area contributed by atoms with Crippen LogP contribution in [0.2, 0.25) is 0 Å². The van der Waals surface area contributed by atoms with E-state index in [1.54, 1.807) is 16.2 Å². The van der Waals surface area contributed by atoms with E-state index < -0.39 is 23.7 Å². The lowest BCUT2D eigenvalue weighted by Gasteiger charge is -2.34. The first-order valence-electron chi connectivity index (χ1n) is 11.4. The topological polar surface area (TPSA) is 116 Å². The van der Waals surface area contributed by atoms with Crippen LogP contribution in [0.25, 0.3) is 10.4 Å². The molecule has 4 rings (SSSR count). The summed E-state index contributed by atoms with van der Waals surface area (Å²) < 4.78 is 0. The molecule has 1 aliphatic rings. The van der Waals surface area contributed by atoms with Crippen molar-refractivity contribution in [3.05, 3.63) is 57.1 Å². The van der Waals surface area contributed by atoms with Gasteiger partial charge in [-0.25, -0.2) is 14.8 Å². The number of likely N-dealkylation sites (tertiary alicyclic amines) is 1. The number of amides is 2. The lowest BCUT2D eigenvalue weighted by molar-refractivity contribution is -0.137. The molecule has 35 heavy (non-hydrogen) atoms. The summed E-state index contributed by atoms with van der Waals surface area (Å²) in [4.78, 5) is 37.4. The van der Waals surface area contributed by atoms with Crippen LogP contribution >= 0.6 is 22.7 Å². The smallest absolute Gasteiger partial charge is 0.405 e. The number of hydrogen-bond donors (Lipinski definition) is 3. The standard InChI is InChI=1S/C25H30N4O4S2/c1-14-20(34-13-27-14)16-7-5-15(6-8-16)9-18-11-26-22(35-18)19-10-17(30)12-29(19)23(31)21(25(2,3)4)28-24(32)33/h5-8,11,13,17,19,21,28,30H,9-10,12H2,1-4H3,(H,32,33)/t17-,19+,21?/m1/s1. The van der Waals surface area contributed by atoms with Crippen LogP contribution < -0.4 is 5.32 Å². The summed E-state index contributed by atoms with van der Waals surface area (Å²) in [6.07, 6.45) is 0.998. The predicted octanol–water partition coefficient (Wildman–Crippen LogP) is 4.48. The molecular weight excluding hydrogens is 484 g/mol. The van der Waals surface area contributed by atoms with Gasteiger partial charge in [-0.3, -0.25) is 4.79 Å². The molecule has 2 aromatic heterocycles. The van der Waals surface area contributed by atoms with Gasteiger partial charge in [0, 0.05) is 30.5 Å². The summed E-state index contributed by atoms with van der Waals surface area (Å²) in [6.45, 7) is 7.61. The average molecular weight is 515 g/mol. The number of aryl methyl sites for hydroxylation is 1. The maximum absolute atomic E-state index is 13.4. The predicted molar refractivity (Wildman–Crippen MR) is 137 cm³/mol. The Labute approximate surface area is 212 Å². The number of hydrogen-bond acceptors (Lipinski definition) is 7. The van der Waals surface area contributed by atoms with E-state index in [0.717, 1.165) is 26.7 Å². The maximum Gasteiger partial charge on any atom is 0.405 e. The lowest BCUT2D eigenvalue weighted by Crippen LogP contribution is -2.54. The average Bonchev–Trinajstić information content (AvgIpc) is 3.51. The van der Waals surface area contributed by atoms with Crippen LogP contribution in [0, 0.1) is 12.3 Å². The zero-order chi connectivity index (χ0) is 25.3. The number of benzene rings is 1. The largest absolute Gasteiger partial charge is 0.465 e. The molecule has 0 spiro atoms. The minimum Gasteiger partial charge on any atom is -0.465 e. The Morgan fingerprint density at radius 2 is 1.94 bits per heavy atom. The number of carboxylic acid groups (broad SMARTS) is 1. The van der Waals surface area contributed by atoms with E-state index in [1.807, 2.05) is 39.4 Å². The van der Waals surface area contributed by atoms with Crippen LogP contribution in [-0.2, 0) is 11.2 Å². The number of β-amino-alcohol motifs (C(OH)–C–C–N with tert-alkyl or cyclic N) is 1. The van der Waals surface area contributed by atoms with Gasteiger partial charge in [0.25, 0.3) is 0 Å². The van der Waals surface area contributed by atoms with Gasteiger partial charge in [0.05, 0.1) is 28.2 Å². The number of aliphatic hydroxyl groups is 1. The van der Waals surface area contributed by atoms with E-state index in [0.29, 0.717) is 12.8 Å². The molecule has 0 aliphatic carbocycles. The van der Waals surface area contributed by atoms with E-state index in [4.69, 9.17) is 0 Å². The SMILES string of the molecule is Cc1ncsc1-c1ccc(Cc2cnc([C@@H]3C[C@@H](O)CN3C(=O)C(NC(=O)O)C(C)(C)C)s2)cc1. The van der Waals surface area contributed by atoms with Gasteiger partial charge in [-0.15, -0.1) is 22.7 Å². The van der Waals surface area contributed by atoms with Crippen molar-refractivity contribution in [2.24, 2.45) is 5.41 Å². The zero-order valence-electron chi connectivity index (χ0n) is 20.2. The first-order valence-corrected chi connectivity index (χ1v) is 13.1. The van der Waals surface area contributed by atoms with E-state index in [1.165, 1.54) is 16.2 Å². The monoisotopic (exact) mass is 514 g/mol. The Morgan fingerprint density at radius 3 is 2.54 bits per heavy atom. The van der Waals surface area contributed by atoms with Gasteiger partial charge >= 0.3 is 6.09 Å². The van der Waals surface area contributed by atoms with Gasteiger partial charge in [-0.05, 0) is 23.5 Å². The van der Waals surface area contributed by atoms with Crippen molar-refractivity contribution in [1.29, 1.82) is 0 Å². The third kappa shape index (κ3) is 5.71. The van der Waals surface area contributed by atoms with E-state index in [-0.39, 0.29) is 18.5 Å². The summed E-state index contributed by atoms with van der Waals surface area (Å²) in [5, 5.41) is 22.7. The molecule has 0 radical (unpaired) electrons. The number of nitrogens with one attached hydrogen (secondary N) is 1. The summed E-state index contributed by atoms with van der Waals surface area (Å²) in [5.41, 5.74) is 4.57. The highest BCUT2D eigenvalue weighted by Crippen LogP contribution is 2.37. The molecule has 3 atom stereocenters. The molecule has 1 unspecified atom stereocenters. The fourth-order valence-corrected chi connectivity index (χ4v) is 6.23. The van der Waals surface area contributed by atoms with Crippen LogP contribution in [0.15, 0.2) is 36.0 Å². The van der Waals surface area contributed by atoms with Crippen molar-refractivity contribution in [1.82, 2.24) is 20.2 Å². The Bertz CT molecular complexity index is 1200. The van der Waals surface area contributed by atoms with Crippen molar-refractivity contribution in [2.45, 2.75) is 58.7 Å². The molecule has 1 saturated heterocycles. The molecular formula is C25H30N4O4S2. The number of nitrogens with zero attached hydrogens (tertiary/aromatic N) is 3. The van der Waals surface area contributed by atoms with E-state index in [2.05, 4.69) is 39.6 Å². The van der Waals surface area contributed by atoms with Gasteiger partial charge in [-0.2, -0.15) is 0 Å². The molecule has 10 heteroatoms. The summed E-state index contributed by atoms with van der Waals surface area (Å²) >= 11 is 3.16. The fraction of sp³-hybridized carbons (Fsp3) is 0.440. The maximum atomic E-state index is 13.4. The second-order valence-electron chi connectivity index (χ2n) is 9.95. The highest BCUT2D eigenvalue weighted by Gasteiger charge is 2.43. The minimum atomic E-state index is -1.25. The first kappa shape index (κ1) is 25.3.